The third-order valence-corrected chi connectivity index (χ3v) is 9.49. The number of thiophene rings is 1. The number of benzene rings is 3. The smallest absolute Gasteiger partial charge is 0.275 e. The zero-order valence-corrected chi connectivity index (χ0v) is 25.5. The van der Waals surface area contributed by atoms with E-state index >= 15 is 0 Å². The Morgan fingerprint density at radius 1 is 1.00 bits per heavy atom. The molecule has 9 heteroatoms. The summed E-state index contributed by atoms with van der Waals surface area (Å²) in [5.74, 6) is 0.392. The summed E-state index contributed by atoms with van der Waals surface area (Å²) in [7, 11) is -4.12. The highest BCUT2D eigenvalue weighted by molar-refractivity contribution is 7.90. The molecule has 0 aliphatic carbocycles. The normalized spacial score (nSPS) is 11.7. The highest BCUT2D eigenvalue weighted by atomic mass is 32.2. The first-order valence-corrected chi connectivity index (χ1v) is 16.4. The van der Waals surface area contributed by atoms with Crippen molar-refractivity contribution in [1.82, 2.24) is 14.3 Å². The van der Waals surface area contributed by atoms with E-state index < -0.39 is 15.9 Å². The van der Waals surface area contributed by atoms with Crippen LogP contribution in [-0.4, -0.2) is 23.9 Å². The Labute approximate surface area is 249 Å². The van der Waals surface area contributed by atoms with E-state index in [1.54, 1.807) is 40.3 Å². The number of amides is 1. The first-order chi connectivity index (χ1) is 20.2. The number of carbonyl (C=O) groups is 1. The average Bonchev–Trinajstić information content (AvgIpc) is 3.53. The molecule has 1 N–H and O–H groups in total. The van der Waals surface area contributed by atoms with E-state index in [4.69, 9.17) is 4.98 Å². The molecule has 0 bridgehead atoms. The van der Waals surface area contributed by atoms with Gasteiger partial charge in [0.2, 0.25) is 0 Å². The Hall–Kier alpha value is -4.08. The summed E-state index contributed by atoms with van der Waals surface area (Å²) in [6, 6.07) is 23.3. The number of sulfonamides is 1. The van der Waals surface area contributed by atoms with Crippen molar-refractivity contribution in [1.29, 1.82) is 0 Å². The predicted molar refractivity (Wildman–Crippen MR) is 169 cm³/mol. The van der Waals surface area contributed by atoms with Crippen LogP contribution in [0.1, 0.15) is 66.2 Å². The fraction of sp³-hybridized carbons (Fsp3) is 0.242. The number of fused-ring (bicyclic) bond motifs is 1. The van der Waals surface area contributed by atoms with E-state index in [0.29, 0.717) is 45.8 Å². The van der Waals surface area contributed by atoms with Gasteiger partial charge in [0.1, 0.15) is 5.82 Å². The number of rotatable bonds is 10. The Bertz CT molecular complexity index is 1890. The van der Waals surface area contributed by atoms with E-state index in [0.717, 1.165) is 29.8 Å². The summed E-state index contributed by atoms with van der Waals surface area (Å²) in [5, 5.41) is 2.33. The quantitative estimate of drug-likeness (QED) is 0.191. The molecule has 0 saturated heterocycles. The summed E-state index contributed by atoms with van der Waals surface area (Å²) >= 11 is 1.17. The van der Waals surface area contributed by atoms with E-state index in [2.05, 4.69) is 25.5 Å². The van der Waals surface area contributed by atoms with Crippen molar-refractivity contribution < 1.29 is 13.2 Å². The summed E-state index contributed by atoms with van der Waals surface area (Å²) in [6.07, 6.45) is 2.62. The molecule has 216 valence electrons. The maximum Gasteiger partial charge on any atom is 0.275 e. The lowest BCUT2D eigenvalue weighted by Crippen LogP contribution is -2.30. The number of hydrogen-bond donors (Lipinski definition) is 1. The molecule has 0 radical (unpaired) electrons. The average molecular weight is 600 g/mol. The minimum atomic E-state index is -4.12. The second kappa shape index (κ2) is 12.4. The van der Waals surface area contributed by atoms with Crippen LogP contribution in [0.4, 0.5) is 0 Å². The summed E-state index contributed by atoms with van der Waals surface area (Å²) in [6.45, 7) is 6.67. The van der Waals surface area contributed by atoms with Crippen LogP contribution in [0.3, 0.4) is 0 Å². The summed E-state index contributed by atoms with van der Waals surface area (Å²) < 4.78 is 30.3. The number of aromatic nitrogens is 2. The number of nitrogens with one attached hydrogen (secondary N) is 1. The van der Waals surface area contributed by atoms with Gasteiger partial charge in [-0.1, -0.05) is 81.8 Å². The van der Waals surface area contributed by atoms with Gasteiger partial charge in [-0.2, -0.15) is 0 Å². The van der Waals surface area contributed by atoms with Gasteiger partial charge in [-0.15, -0.1) is 11.3 Å². The molecule has 1 amide bonds. The molecule has 5 aromatic rings. The molecule has 0 fully saturated rings. The van der Waals surface area contributed by atoms with Crippen molar-refractivity contribution >= 4 is 38.2 Å². The van der Waals surface area contributed by atoms with Crippen LogP contribution in [0, 0.1) is 0 Å². The van der Waals surface area contributed by atoms with Crippen molar-refractivity contribution in [3.8, 4) is 11.1 Å². The van der Waals surface area contributed by atoms with E-state index in [1.165, 1.54) is 17.4 Å². The standard InChI is InChI=1S/C33H33N3O4S2/c1-4-5-12-31-34-28-18-17-25(22(2)3)20-27(28)33(38)36(31)21-23-13-15-24(16-14-23)26-9-6-7-11-30(26)42(39,40)35-32(37)29-10-8-19-41-29/h6-11,13-20,22H,4-5,12,21H2,1-3H3,(H,35,37). The fourth-order valence-electron chi connectivity index (χ4n) is 4.88. The monoisotopic (exact) mass is 599 g/mol. The fourth-order valence-corrected chi connectivity index (χ4v) is 6.76. The molecular weight excluding hydrogens is 567 g/mol. The van der Waals surface area contributed by atoms with Gasteiger partial charge in [0.15, 0.2) is 0 Å². The van der Waals surface area contributed by atoms with Gasteiger partial charge in [-0.05, 0) is 58.7 Å². The van der Waals surface area contributed by atoms with Crippen molar-refractivity contribution in [3.05, 3.63) is 116 Å². The van der Waals surface area contributed by atoms with Crippen molar-refractivity contribution in [2.24, 2.45) is 0 Å². The van der Waals surface area contributed by atoms with Crippen LogP contribution >= 0.6 is 11.3 Å². The lowest BCUT2D eigenvalue weighted by molar-refractivity contribution is 0.0985. The molecule has 7 nitrogen and oxygen atoms in total. The molecule has 2 aromatic heterocycles. The number of unbranched alkanes of at least 4 members (excludes halogenated alkanes) is 1. The third-order valence-electron chi connectivity index (χ3n) is 7.23. The van der Waals surface area contributed by atoms with Crippen LogP contribution < -0.4 is 10.3 Å². The van der Waals surface area contributed by atoms with Crippen LogP contribution in [0.5, 0.6) is 0 Å². The minimum absolute atomic E-state index is 0.0143. The van der Waals surface area contributed by atoms with E-state index in [9.17, 15) is 18.0 Å². The zero-order valence-electron chi connectivity index (χ0n) is 23.8. The van der Waals surface area contributed by atoms with Crippen molar-refractivity contribution in [2.75, 3.05) is 0 Å². The zero-order chi connectivity index (χ0) is 29.9. The molecule has 5 rings (SSSR count). The van der Waals surface area contributed by atoms with Gasteiger partial charge in [0, 0.05) is 12.0 Å². The lowest BCUT2D eigenvalue weighted by atomic mass is 10.0. The second-order valence-electron chi connectivity index (χ2n) is 10.6. The first-order valence-electron chi connectivity index (χ1n) is 14.0. The maximum absolute atomic E-state index is 13.7. The van der Waals surface area contributed by atoms with E-state index in [-0.39, 0.29) is 10.5 Å². The first kappa shape index (κ1) is 29.4. The van der Waals surface area contributed by atoms with Gasteiger partial charge in [-0.3, -0.25) is 14.2 Å². The number of nitrogens with zero attached hydrogens (tertiary/aromatic N) is 2. The molecule has 2 heterocycles. The molecule has 0 saturated carbocycles. The van der Waals surface area contributed by atoms with Crippen molar-refractivity contribution in [2.45, 2.75) is 57.4 Å². The summed E-state index contributed by atoms with van der Waals surface area (Å²) in [5.41, 5.74) is 3.80. The molecular formula is C33H33N3O4S2. The van der Waals surface area contributed by atoms with Gasteiger partial charge < -0.3 is 0 Å². The van der Waals surface area contributed by atoms with Crippen LogP contribution in [-0.2, 0) is 23.0 Å². The van der Waals surface area contributed by atoms with Gasteiger partial charge >= 0.3 is 0 Å². The second-order valence-corrected chi connectivity index (χ2v) is 13.2. The van der Waals surface area contributed by atoms with Crippen LogP contribution in [0.15, 0.2) is 93.9 Å². The highest BCUT2D eigenvalue weighted by Crippen LogP contribution is 2.28. The molecule has 0 spiro atoms. The maximum atomic E-state index is 13.7. The topological polar surface area (TPSA) is 98.1 Å². The highest BCUT2D eigenvalue weighted by Gasteiger charge is 2.23. The van der Waals surface area contributed by atoms with Gasteiger partial charge in [0.05, 0.1) is 27.2 Å². The Balaban J connectivity index is 1.47. The van der Waals surface area contributed by atoms with E-state index in [1.807, 2.05) is 42.5 Å². The SMILES string of the molecule is CCCCc1nc2ccc(C(C)C)cc2c(=O)n1Cc1ccc(-c2ccccc2S(=O)(=O)NC(=O)c2cccs2)cc1. The molecule has 0 aliphatic rings. The van der Waals surface area contributed by atoms with Crippen LogP contribution in [0.25, 0.3) is 22.0 Å². The van der Waals surface area contributed by atoms with Crippen LogP contribution in [0.2, 0.25) is 0 Å². The lowest BCUT2D eigenvalue weighted by Gasteiger charge is -2.15. The number of hydrogen-bond acceptors (Lipinski definition) is 6. The minimum Gasteiger partial charge on any atom is -0.292 e. The Morgan fingerprint density at radius 3 is 2.45 bits per heavy atom. The van der Waals surface area contributed by atoms with Gasteiger partial charge in [0.25, 0.3) is 21.5 Å². The molecule has 0 unspecified atom stereocenters. The predicted octanol–water partition coefficient (Wildman–Crippen LogP) is 6.76. The third kappa shape index (κ3) is 6.22. The Morgan fingerprint density at radius 2 is 1.76 bits per heavy atom. The molecule has 3 aromatic carbocycles. The number of aryl methyl sites for hydroxylation is 1. The summed E-state index contributed by atoms with van der Waals surface area (Å²) in [4.78, 5) is 31.4. The largest absolute Gasteiger partial charge is 0.292 e. The number of carbonyl (C=O) groups excluding carboxylic acids is 1. The molecule has 0 aliphatic heterocycles. The van der Waals surface area contributed by atoms with Gasteiger partial charge in [-0.25, -0.2) is 18.1 Å². The molecule has 0 atom stereocenters. The Kier molecular flexibility index (Phi) is 8.70. The van der Waals surface area contributed by atoms with Crippen molar-refractivity contribution in [3.63, 3.8) is 0 Å². The molecule has 42 heavy (non-hydrogen) atoms.